The number of imidazole rings is 3. The molecule has 4 aliphatic heterocycles. The molecular formula is C60H74N22O27P5+. The molecule has 0 radical (unpaired) electrons. The van der Waals surface area contributed by atoms with Crippen LogP contribution in [0, 0.1) is 0 Å². The molecule has 0 spiro atoms. The average molecular weight is 1690 g/mol. The van der Waals surface area contributed by atoms with Crippen LogP contribution in [0.4, 0.5) is 23.1 Å². The Morgan fingerprint density at radius 3 is 1.49 bits per heavy atom. The number of aromatic nitrogens is 18. The van der Waals surface area contributed by atoms with Crippen molar-refractivity contribution in [3.63, 3.8) is 0 Å². The van der Waals surface area contributed by atoms with Gasteiger partial charge in [0.2, 0.25) is 0 Å². The molecule has 16 atom stereocenters. The molecule has 13 heterocycles. The van der Waals surface area contributed by atoms with Crippen LogP contribution in [0.3, 0.4) is 0 Å². The number of fused-ring (bicyclic) bond motifs is 3. The number of anilines is 4. The fraction of sp³-hybridized carbons (Fsp3) is 0.433. The van der Waals surface area contributed by atoms with Crippen molar-refractivity contribution in [2.24, 2.45) is 0 Å². The van der Waals surface area contributed by atoms with Crippen LogP contribution in [0.2, 0.25) is 0 Å². The molecule has 9 aromatic heterocycles. The van der Waals surface area contributed by atoms with Crippen LogP contribution in [0.25, 0.3) is 45.6 Å². The smallest absolute Gasteiger partial charge is 0.382 e. The highest BCUT2D eigenvalue weighted by atomic mass is 31.2. The summed E-state index contributed by atoms with van der Waals surface area (Å²) >= 11 is 0. The van der Waals surface area contributed by atoms with Gasteiger partial charge in [0.1, 0.15) is 121 Å². The van der Waals surface area contributed by atoms with Gasteiger partial charge in [-0.3, -0.25) is 68.9 Å². The number of rotatable bonds is 34. The van der Waals surface area contributed by atoms with Gasteiger partial charge in [0.05, 0.1) is 58.2 Å². The van der Waals surface area contributed by atoms with Crippen LogP contribution in [0.15, 0.2) is 115 Å². The van der Waals surface area contributed by atoms with Gasteiger partial charge >= 0.3 is 44.8 Å². The molecule has 54 heteroatoms. The first kappa shape index (κ1) is 81.7. The molecule has 0 aliphatic carbocycles. The number of H-pyrrole nitrogens is 1. The van der Waals surface area contributed by atoms with Crippen molar-refractivity contribution in [1.82, 2.24) is 83.1 Å². The van der Waals surface area contributed by atoms with E-state index >= 15 is 0 Å². The number of nitrogens with zero attached hydrogens (tertiary/aromatic N) is 18. The lowest BCUT2D eigenvalue weighted by atomic mass is 10.1. The summed E-state index contributed by atoms with van der Waals surface area (Å²) in [5.74, 6) is -0.0817. The molecule has 4 unspecified atom stereocenters. The van der Waals surface area contributed by atoms with E-state index in [2.05, 4.69) is 60.2 Å². The molecule has 4 aliphatic rings. The molecule has 14 rings (SSSR count). The predicted molar refractivity (Wildman–Crippen MR) is 386 cm³/mol. The minimum absolute atomic E-state index is 0.000882. The topological polar surface area (TPSA) is 649 Å². The SMILES string of the molecule is CN(C)c1ccc(/C=C/c2cc[n+](CCCn3cc(CO[C@H]4C(n5ccc(=O)[nH]c5=O)O[C@H](COP(=O)(O)O[C@H]5C[C@H](n6cnc7c(N)ncnc76)O[C@@H]5COP(=O)(O)O)[C@H]4OP(=O)(O)OC[C@H]4O[C@@H](n5cnc6c(N)ncnc65)C[C@@H]4OP(=O)(O)OC[C@H]4O[C@@H](n5cnc6c(N)ncnc65)C[C@@H]4OP(=O)(O)O)nn3)cc2)cc1. The molecule has 610 valence electrons. The number of hydrogen-bond acceptors (Lipinski definition) is 35. The number of benzene rings is 1. The number of aryl methyl sites for hydroxylation is 2. The third-order valence-electron chi connectivity index (χ3n) is 18.3. The van der Waals surface area contributed by atoms with Crippen LogP contribution < -0.4 is 37.9 Å². The third-order valence-corrected chi connectivity index (χ3v) is 22.4. The van der Waals surface area contributed by atoms with Gasteiger partial charge < -0.3 is 80.0 Å². The lowest BCUT2D eigenvalue weighted by Gasteiger charge is -2.27. The van der Waals surface area contributed by atoms with Gasteiger partial charge in [0, 0.05) is 76.4 Å². The van der Waals surface area contributed by atoms with E-state index in [9.17, 15) is 66.7 Å². The van der Waals surface area contributed by atoms with E-state index in [1.165, 1.54) is 43.6 Å². The van der Waals surface area contributed by atoms with E-state index in [0.29, 0.717) is 19.5 Å². The van der Waals surface area contributed by atoms with Gasteiger partial charge in [-0.25, -0.2) is 77.0 Å². The lowest BCUT2D eigenvalue weighted by molar-refractivity contribution is -0.697. The summed E-state index contributed by atoms with van der Waals surface area (Å²) in [6.07, 6.45) is -3.92. The number of phosphoric acid groups is 5. The second kappa shape index (κ2) is 33.8. The van der Waals surface area contributed by atoms with Crippen molar-refractivity contribution in [3.8, 4) is 0 Å². The number of nitrogen functional groups attached to an aromatic ring is 3. The van der Waals surface area contributed by atoms with E-state index in [0.717, 1.165) is 52.6 Å². The zero-order valence-corrected chi connectivity index (χ0v) is 64.0. The number of nitrogens with one attached hydrogen (secondary N) is 1. The zero-order chi connectivity index (χ0) is 80.6. The largest absolute Gasteiger partial charge is 0.472 e. The van der Waals surface area contributed by atoms with E-state index in [1.54, 1.807) is 0 Å². The van der Waals surface area contributed by atoms with E-state index in [4.69, 9.17) is 77.1 Å². The van der Waals surface area contributed by atoms with Crippen molar-refractivity contribution in [3.05, 3.63) is 143 Å². The van der Waals surface area contributed by atoms with Crippen LogP contribution >= 0.6 is 39.1 Å². The molecule has 14 N–H and O–H groups in total. The summed E-state index contributed by atoms with van der Waals surface area (Å²) < 4.78 is 151. The number of ether oxygens (including phenoxy) is 5. The first-order chi connectivity index (χ1) is 54.2. The molecule has 0 saturated carbocycles. The van der Waals surface area contributed by atoms with Crippen molar-refractivity contribution in [1.29, 1.82) is 0 Å². The van der Waals surface area contributed by atoms with E-state index < -0.39 is 170 Å². The Morgan fingerprint density at radius 2 is 1.02 bits per heavy atom. The Hall–Kier alpha value is -8.87. The Morgan fingerprint density at radius 1 is 0.553 bits per heavy atom. The second-order valence-electron chi connectivity index (χ2n) is 26.3. The van der Waals surface area contributed by atoms with Gasteiger partial charge in [0.25, 0.3) is 5.56 Å². The maximum atomic E-state index is 14.9. The second-order valence-corrected chi connectivity index (χ2v) is 32.9. The normalized spacial score (nSPS) is 25.1. The number of hydrogen-bond donors (Lipinski definition) is 11. The van der Waals surface area contributed by atoms with Gasteiger partial charge in [-0.15, -0.1) is 5.10 Å². The van der Waals surface area contributed by atoms with Crippen molar-refractivity contribution < 1.29 is 122 Å². The minimum Gasteiger partial charge on any atom is -0.382 e. The molecule has 0 bridgehead atoms. The van der Waals surface area contributed by atoms with Crippen LogP contribution in [-0.2, 0) is 102 Å². The highest BCUT2D eigenvalue weighted by Gasteiger charge is 2.54. The first-order valence-corrected chi connectivity index (χ1v) is 41.9. The van der Waals surface area contributed by atoms with Gasteiger partial charge in [-0.05, 0) is 23.3 Å². The van der Waals surface area contributed by atoms with E-state index in [1.807, 2.05) is 84.5 Å². The summed E-state index contributed by atoms with van der Waals surface area (Å²) in [4.78, 5) is 142. The molecule has 0 amide bonds. The predicted octanol–water partition coefficient (Wildman–Crippen LogP) is 1.45. The molecule has 1 aromatic carbocycles. The molecule has 49 nitrogen and oxygen atoms in total. The standard InChI is InChI=1S/C60H73N22O27P5/c1-76(2)36-8-6-33(7-9-36)4-5-34-10-15-77(16-11-34)13-3-14-78-21-35(74-75-78)22-97-52-51(43(105-59(52)79-17-12-44(83)73-60(79)84)26-101-113(93,94)107-38-19-46(102-40(38)23-98-110(85,86)87)81-31-71-49-54(62)65-28-68-57(49)81)109-114(95,96)100-25-42-39(20-47(104-42)82-32-72-50-55(63)66-29-69-58(50)82)108-112(91,92)99-24-41-37(106-111(88,89)90)18-45(103-41)80-30-70-48-53(61)64-27-67-56(48)80/h4-12,15-17,21,27-32,37-43,45-47,51-52,59H,3,13-14,18-20,22-26H2,1-2H3,(H13-,61,62,63,64,65,66,67,68,69,73,83,84,85,86,87,88,89,90,91,92,93,94,95,96)/p+1/t37-,38-,39-,40+,41+,42+,43+,45+,46+,47+,51+,52+,59?/m0/s1. The van der Waals surface area contributed by atoms with Crippen LogP contribution in [0.5, 0.6) is 0 Å². The zero-order valence-electron chi connectivity index (χ0n) is 59.6. The monoisotopic (exact) mass is 1690 g/mol. The molecule has 114 heavy (non-hydrogen) atoms. The Balaban J connectivity index is 0.713. The van der Waals surface area contributed by atoms with Crippen molar-refractivity contribution in [2.75, 3.05) is 62.6 Å². The summed E-state index contributed by atoms with van der Waals surface area (Å²) in [5.41, 5.74) is 20.0. The van der Waals surface area contributed by atoms with Crippen molar-refractivity contribution in [2.45, 2.75) is 125 Å². The molecule has 10 aromatic rings. The average Bonchev–Trinajstić information content (AvgIpc) is 1.64. The lowest BCUT2D eigenvalue weighted by Crippen LogP contribution is -2.40. The summed E-state index contributed by atoms with van der Waals surface area (Å²) in [6, 6.07) is 13.0. The van der Waals surface area contributed by atoms with Crippen LogP contribution in [-0.4, -0.2) is 213 Å². The Labute approximate surface area is 640 Å². The molecule has 4 fully saturated rings. The summed E-state index contributed by atoms with van der Waals surface area (Å²) in [7, 11) is -23.4. The van der Waals surface area contributed by atoms with Gasteiger partial charge in [-0.1, -0.05) is 29.5 Å². The van der Waals surface area contributed by atoms with Crippen molar-refractivity contribution >= 4 is 108 Å². The third kappa shape index (κ3) is 19.6. The summed E-state index contributed by atoms with van der Waals surface area (Å²) in [6.45, 7) is -3.81. The number of nitrogens with two attached hydrogens (primary N) is 3. The maximum Gasteiger partial charge on any atom is 0.472 e. The number of aromatic amines is 1. The van der Waals surface area contributed by atoms with Crippen LogP contribution in [0.1, 0.15) is 67.4 Å². The fourth-order valence-electron chi connectivity index (χ4n) is 13.0. The highest BCUT2D eigenvalue weighted by molar-refractivity contribution is 7.48. The number of pyridine rings is 1. The fourth-order valence-corrected chi connectivity index (χ4v) is 16.8. The molecule has 4 saturated heterocycles. The van der Waals surface area contributed by atoms with Gasteiger partial charge in [-0.2, -0.15) is 0 Å². The minimum atomic E-state index is -5.78. The van der Waals surface area contributed by atoms with Gasteiger partial charge in [0.15, 0.2) is 53.0 Å². The van der Waals surface area contributed by atoms with E-state index in [-0.39, 0.29) is 69.5 Å². The highest BCUT2D eigenvalue weighted by Crippen LogP contribution is 2.55. The first-order valence-electron chi connectivity index (χ1n) is 34.3. The Kier molecular flexibility index (Phi) is 24.2. The Bertz CT molecular complexity index is 5520. The maximum absolute atomic E-state index is 14.9. The number of phosphoric ester groups is 5. The molecular weight excluding hydrogens is 1620 g/mol. The summed E-state index contributed by atoms with van der Waals surface area (Å²) in [5, 5.41) is 8.49. The quantitative estimate of drug-likeness (QED) is 0.0201.